The zero-order chi connectivity index (χ0) is 22.8. The first-order chi connectivity index (χ1) is 16.1. The number of carbonyl (C=O) groups is 2. The molecule has 0 radical (unpaired) electrons. The molecule has 0 saturated carbocycles. The van der Waals surface area contributed by atoms with Crippen molar-refractivity contribution >= 4 is 11.8 Å². The largest absolute Gasteiger partial charge is 0.443 e. The summed E-state index contributed by atoms with van der Waals surface area (Å²) in [6.07, 6.45) is 4.05. The summed E-state index contributed by atoms with van der Waals surface area (Å²) in [7, 11) is 0. The molecule has 5 rings (SSSR count). The van der Waals surface area contributed by atoms with Crippen molar-refractivity contribution in [3.63, 3.8) is 0 Å². The first kappa shape index (κ1) is 21.4. The second-order valence-corrected chi connectivity index (χ2v) is 8.45. The van der Waals surface area contributed by atoms with E-state index in [1.165, 1.54) is 6.39 Å². The molecule has 1 N–H and O–H groups in total. The average Bonchev–Trinajstić information content (AvgIpc) is 3.59. The molecule has 2 aromatic heterocycles. The molecule has 0 atom stereocenters. The molecule has 33 heavy (non-hydrogen) atoms. The van der Waals surface area contributed by atoms with Crippen LogP contribution in [-0.4, -0.2) is 57.7 Å². The second kappa shape index (κ2) is 9.19. The van der Waals surface area contributed by atoms with Gasteiger partial charge in [0.05, 0.1) is 19.8 Å². The van der Waals surface area contributed by atoms with E-state index in [0.29, 0.717) is 44.2 Å². The lowest BCUT2D eigenvalue weighted by Crippen LogP contribution is -2.29. The zero-order valence-corrected chi connectivity index (χ0v) is 18.7. The van der Waals surface area contributed by atoms with Crippen molar-refractivity contribution in [2.45, 2.75) is 39.3 Å². The van der Waals surface area contributed by atoms with Gasteiger partial charge in [0.2, 0.25) is 0 Å². The Balaban J connectivity index is 1.28. The maximum absolute atomic E-state index is 13.0. The van der Waals surface area contributed by atoms with Gasteiger partial charge in [-0.3, -0.25) is 14.3 Å². The van der Waals surface area contributed by atoms with E-state index in [-0.39, 0.29) is 17.5 Å². The predicted octanol–water partition coefficient (Wildman–Crippen LogP) is 2.59. The van der Waals surface area contributed by atoms with Crippen LogP contribution in [0.4, 0.5) is 0 Å². The van der Waals surface area contributed by atoms with Gasteiger partial charge in [0.25, 0.3) is 11.8 Å². The molecule has 9 nitrogen and oxygen atoms in total. The SMILES string of the molecule is Cc1cccc(-c2ocnc2C(=O)NCCn2nc(C(=O)N3CCCC3)c3c2CCOC3)c1. The Morgan fingerprint density at radius 1 is 1.18 bits per heavy atom. The van der Waals surface area contributed by atoms with Gasteiger partial charge in [-0.25, -0.2) is 4.98 Å². The Hall–Kier alpha value is -3.46. The lowest BCUT2D eigenvalue weighted by atomic mass is 10.1. The molecule has 3 aromatic rings. The third kappa shape index (κ3) is 4.28. The molecule has 0 unspecified atom stereocenters. The van der Waals surface area contributed by atoms with Crippen molar-refractivity contribution in [1.29, 1.82) is 0 Å². The summed E-state index contributed by atoms with van der Waals surface area (Å²) in [6, 6.07) is 7.74. The number of rotatable bonds is 6. The number of oxazole rings is 1. The molecule has 0 aliphatic carbocycles. The minimum Gasteiger partial charge on any atom is -0.443 e. The normalized spacial score (nSPS) is 15.5. The highest BCUT2D eigenvalue weighted by atomic mass is 16.5. The number of hydrogen-bond donors (Lipinski definition) is 1. The van der Waals surface area contributed by atoms with Gasteiger partial charge in [-0.15, -0.1) is 0 Å². The number of benzene rings is 1. The van der Waals surface area contributed by atoms with Gasteiger partial charge in [-0.1, -0.05) is 23.8 Å². The van der Waals surface area contributed by atoms with Gasteiger partial charge in [-0.2, -0.15) is 5.10 Å². The monoisotopic (exact) mass is 449 g/mol. The Labute approximate surface area is 191 Å². The van der Waals surface area contributed by atoms with E-state index in [4.69, 9.17) is 9.15 Å². The number of ether oxygens (including phenoxy) is 1. The van der Waals surface area contributed by atoms with Gasteiger partial charge in [0, 0.05) is 42.9 Å². The highest BCUT2D eigenvalue weighted by Gasteiger charge is 2.29. The van der Waals surface area contributed by atoms with Crippen molar-refractivity contribution < 1.29 is 18.7 Å². The van der Waals surface area contributed by atoms with Crippen LogP contribution in [0.3, 0.4) is 0 Å². The zero-order valence-electron chi connectivity index (χ0n) is 18.7. The first-order valence-electron chi connectivity index (χ1n) is 11.4. The second-order valence-electron chi connectivity index (χ2n) is 8.45. The van der Waals surface area contributed by atoms with Crippen LogP contribution in [0.25, 0.3) is 11.3 Å². The van der Waals surface area contributed by atoms with E-state index >= 15 is 0 Å². The molecule has 172 valence electrons. The molecule has 2 aliphatic rings. The third-order valence-corrected chi connectivity index (χ3v) is 6.16. The van der Waals surface area contributed by atoms with Crippen LogP contribution in [0, 0.1) is 6.92 Å². The lowest BCUT2D eigenvalue weighted by molar-refractivity contribution is 0.0772. The van der Waals surface area contributed by atoms with Crippen molar-refractivity contribution in [2.24, 2.45) is 0 Å². The number of hydrogen-bond acceptors (Lipinski definition) is 6. The van der Waals surface area contributed by atoms with Crippen LogP contribution in [0.5, 0.6) is 0 Å². The van der Waals surface area contributed by atoms with Crippen molar-refractivity contribution in [3.8, 4) is 11.3 Å². The van der Waals surface area contributed by atoms with E-state index in [1.54, 1.807) is 0 Å². The fourth-order valence-corrected chi connectivity index (χ4v) is 4.49. The van der Waals surface area contributed by atoms with Crippen LogP contribution in [0.2, 0.25) is 0 Å². The van der Waals surface area contributed by atoms with E-state index in [1.807, 2.05) is 40.8 Å². The van der Waals surface area contributed by atoms with Gasteiger partial charge in [0.1, 0.15) is 0 Å². The molecular weight excluding hydrogens is 422 g/mol. The molecular formula is C24H27N5O4. The van der Waals surface area contributed by atoms with Gasteiger partial charge >= 0.3 is 0 Å². The summed E-state index contributed by atoms with van der Waals surface area (Å²) in [5, 5.41) is 7.54. The van der Waals surface area contributed by atoms with Gasteiger partial charge < -0.3 is 19.4 Å². The molecule has 1 saturated heterocycles. The van der Waals surface area contributed by atoms with E-state index in [9.17, 15) is 9.59 Å². The highest BCUT2D eigenvalue weighted by molar-refractivity contribution is 5.97. The number of likely N-dealkylation sites (tertiary alicyclic amines) is 1. The van der Waals surface area contributed by atoms with Crippen LogP contribution >= 0.6 is 0 Å². The number of aryl methyl sites for hydroxylation is 1. The predicted molar refractivity (Wildman–Crippen MR) is 120 cm³/mol. The third-order valence-electron chi connectivity index (χ3n) is 6.16. The van der Waals surface area contributed by atoms with Crippen LogP contribution in [-0.2, 0) is 24.3 Å². The summed E-state index contributed by atoms with van der Waals surface area (Å²) >= 11 is 0. The minimum atomic E-state index is -0.307. The Kier molecular flexibility index (Phi) is 5.95. The van der Waals surface area contributed by atoms with Crippen LogP contribution in [0.15, 0.2) is 35.1 Å². The summed E-state index contributed by atoms with van der Waals surface area (Å²) in [6.45, 7) is 5.34. The summed E-state index contributed by atoms with van der Waals surface area (Å²) in [4.78, 5) is 31.8. The van der Waals surface area contributed by atoms with Crippen molar-refractivity contribution in [2.75, 3.05) is 26.2 Å². The van der Waals surface area contributed by atoms with E-state index < -0.39 is 0 Å². The molecule has 9 heteroatoms. The van der Waals surface area contributed by atoms with Crippen molar-refractivity contribution in [1.82, 2.24) is 25.0 Å². The molecule has 2 amide bonds. The maximum atomic E-state index is 13.0. The van der Waals surface area contributed by atoms with Gasteiger partial charge in [-0.05, 0) is 25.8 Å². The minimum absolute atomic E-state index is 0.0255. The fourth-order valence-electron chi connectivity index (χ4n) is 4.49. The number of aromatic nitrogens is 3. The Morgan fingerprint density at radius 3 is 2.85 bits per heavy atom. The molecule has 0 bridgehead atoms. The maximum Gasteiger partial charge on any atom is 0.274 e. The van der Waals surface area contributed by atoms with Crippen LogP contribution in [0.1, 0.15) is 50.6 Å². The summed E-state index contributed by atoms with van der Waals surface area (Å²) in [5.41, 5.74) is 4.51. The van der Waals surface area contributed by atoms with E-state index in [2.05, 4.69) is 15.4 Å². The number of nitrogens with zero attached hydrogens (tertiary/aromatic N) is 4. The van der Waals surface area contributed by atoms with Crippen molar-refractivity contribution in [3.05, 3.63) is 58.9 Å². The number of carbonyl (C=O) groups excluding carboxylic acids is 2. The topological polar surface area (TPSA) is 102 Å². The lowest BCUT2D eigenvalue weighted by Gasteiger charge is -2.17. The number of nitrogens with one attached hydrogen (secondary N) is 1. The Bertz CT molecular complexity index is 1180. The molecule has 1 aromatic carbocycles. The molecule has 2 aliphatic heterocycles. The number of amides is 2. The van der Waals surface area contributed by atoms with Gasteiger partial charge in [0.15, 0.2) is 23.5 Å². The standard InChI is InChI=1S/C24H27N5O4/c1-16-5-4-6-17(13-16)22-21(26-15-33-22)23(30)25-8-11-29-19-7-12-32-14-18(19)20(27-29)24(31)28-9-2-3-10-28/h4-6,13,15H,2-3,7-12,14H2,1H3,(H,25,30). The summed E-state index contributed by atoms with van der Waals surface area (Å²) < 4.78 is 12.9. The van der Waals surface area contributed by atoms with Crippen LogP contribution < -0.4 is 5.32 Å². The molecule has 4 heterocycles. The summed E-state index contributed by atoms with van der Waals surface area (Å²) in [5.74, 6) is 0.115. The van der Waals surface area contributed by atoms with E-state index in [0.717, 1.165) is 48.3 Å². The number of fused-ring (bicyclic) bond motifs is 1. The Morgan fingerprint density at radius 2 is 2.03 bits per heavy atom. The first-order valence-corrected chi connectivity index (χ1v) is 11.4. The quantitative estimate of drug-likeness (QED) is 0.621. The molecule has 1 fully saturated rings. The fraction of sp³-hybridized carbons (Fsp3) is 0.417. The molecule has 0 spiro atoms. The smallest absolute Gasteiger partial charge is 0.274 e. The average molecular weight is 450 g/mol. The highest BCUT2D eigenvalue weighted by Crippen LogP contribution is 2.25.